The van der Waals surface area contributed by atoms with Gasteiger partial charge < -0.3 is 10.2 Å². The van der Waals surface area contributed by atoms with Crippen molar-refractivity contribution >= 4 is 18.0 Å². The maximum absolute atomic E-state index is 10.1. The molecule has 0 spiro atoms. The minimum atomic E-state index is -0.922. The predicted octanol–water partition coefficient (Wildman–Crippen LogP) is 2.51. The predicted molar refractivity (Wildman–Crippen MR) is 65.6 cm³/mol. The molecule has 0 unspecified atom stereocenters. The number of rotatable bonds is 3. The first kappa shape index (κ1) is 14.9. The molecule has 4 heteroatoms. The molecular weight excluding hydrogens is 220 g/mol. The Morgan fingerprint density at radius 3 is 1.94 bits per heavy atom. The van der Waals surface area contributed by atoms with Crippen LogP contribution < -0.4 is 0 Å². The fourth-order valence-corrected chi connectivity index (χ4v) is 0.732. The summed E-state index contributed by atoms with van der Waals surface area (Å²) in [7, 11) is 0. The molecule has 0 aliphatic heterocycles. The van der Waals surface area contributed by atoms with Crippen LogP contribution >= 0.6 is 0 Å². The molecule has 0 heterocycles. The topological polar surface area (TPSA) is 74.6 Å². The highest BCUT2D eigenvalue weighted by Crippen LogP contribution is 1.99. The number of hydrogen-bond donors (Lipinski definition) is 2. The van der Waals surface area contributed by atoms with Crippen molar-refractivity contribution in [1.29, 1.82) is 0 Å². The number of benzene rings is 1. The van der Waals surface area contributed by atoms with E-state index in [9.17, 15) is 9.59 Å². The first-order chi connectivity index (χ1) is 7.93. The normalized spacial score (nSPS) is 9.82. The van der Waals surface area contributed by atoms with Crippen LogP contribution in [0, 0.1) is 5.92 Å². The average molecular weight is 236 g/mol. The second-order valence-electron chi connectivity index (χ2n) is 3.58. The number of hydrogen-bond acceptors (Lipinski definition) is 2. The van der Waals surface area contributed by atoms with Crippen molar-refractivity contribution in [3.8, 4) is 0 Å². The minimum Gasteiger partial charge on any atom is -0.481 e. The lowest BCUT2D eigenvalue weighted by Crippen LogP contribution is -2.03. The van der Waals surface area contributed by atoms with Gasteiger partial charge in [0.1, 0.15) is 0 Å². The van der Waals surface area contributed by atoms with Gasteiger partial charge in [0.25, 0.3) is 0 Å². The third kappa shape index (κ3) is 8.87. The molecule has 1 aromatic carbocycles. The van der Waals surface area contributed by atoms with Crippen LogP contribution in [-0.4, -0.2) is 22.2 Å². The van der Waals surface area contributed by atoms with Gasteiger partial charge in [0, 0.05) is 6.08 Å². The molecule has 0 bridgehead atoms. The Morgan fingerprint density at radius 1 is 1.12 bits per heavy atom. The van der Waals surface area contributed by atoms with Gasteiger partial charge in [-0.05, 0) is 11.6 Å². The van der Waals surface area contributed by atoms with Crippen LogP contribution in [0.25, 0.3) is 6.08 Å². The molecule has 17 heavy (non-hydrogen) atoms. The highest BCUT2D eigenvalue weighted by atomic mass is 16.4. The van der Waals surface area contributed by atoms with E-state index in [2.05, 4.69) is 0 Å². The van der Waals surface area contributed by atoms with Crippen LogP contribution in [0.2, 0.25) is 0 Å². The van der Waals surface area contributed by atoms with Crippen molar-refractivity contribution in [2.45, 2.75) is 13.8 Å². The molecule has 92 valence electrons. The van der Waals surface area contributed by atoms with Gasteiger partial charge in [0.05, 0.1) is 5.92 Å². The SMILES string of the molecule is CC(C)C(=O)O.O=C(O)/C=C/c1ccccc1. The summed E-state index contributed by atoms with van der Waals surface area (Å²) < 4.78 is 0. The third-order valence-electron chi connectivity index (χ3n) is 1.71. The Bertz CT molecular complexity index is 380. The Hall–Kier alpha value is -2.10. The van der Waals surface area contributed by atoms with Gasteiger partial charge in [-0.25, -0.2) is 4.79 Å². The van der Waals surface area contributed by atoms with Crippen molar-refractivity contribution in [2.75, 3.05) is 0 Å². The molecule has 2 N–H and O–H groups in total. The van der Waals surface area contributed by atoms with Crippen molar-refractivity contribution in [3.63, 3.8) is 0 Å². The van der Waals surface area contributed by atoms with Gasteiger partial charge in [-0.1, -0.05) is 44.2 Å². The van der Waals surface area contributed by atoms with Gasteiger partial charge in [0.15, 0.2) is 0 Å². The fourth-order valence-electron chi connectivity index (χ4n) is 0.732. The van der Waals surface area contributed by atoms with Crippen molar-refractivity contribution in [2.24, 2.45) is 5.92 Å². The molecule has 0 atom stereocenters. The summed E-state index contributed by atoms with van der Waals surface area (Å²) in [6.45, 7) is 3.28. The summed E-state index contributed by atoms with van der Waals surface area (Å²) in [5.74, 6) is -1.89. The summed E-state index contributed by atoms with van der Waals surface area (Å²) in [5, 5.41) is 16.3. The Kier molecular flexibility index (Phi) is 7.10. The van der Waals surface area contributed by atoms with E-state index in [0.717, 1.165) is 11.6 Å². The Morgan fingerprint density at radius 2 is 1.59 bits per heavy atom. The molecule has 0 fully saturated rings. The average Bonchev–Trinajstić information content (AvgIpc) is 2.28. The van der Waals surface area contributed by atoms with E-state index in [1.54, 1.807) is 19.9 Å². The zero-order chi connectivity index (χ0) is 13.3. The Labute approximate surface area is 100 Å². The smallest absolute Gasteiger partial charge is 0.328 e. The highest BCUT2D eigenvalue weighted by molar-refractivity contribution is 5.85. The van der Waals surface area contributed by atoms with Gasteiger partial charge in [0.2, 0.25) is 0 Å². The lowest BCUT2D eigenvalue weighted by Gasteiger charge is -1.89. The number of carbonyl (C=O) groups is 2. The van der Waals surface area contributed by atoms with Crippen LogP contribution in [0.15, 0.2) is 36.4 Å². The quantitative estimate of drug-likeness (QED) is 0.791. The molecule has 1 rings (SSSR count). The van der Waals surface area contributed by atoms with Gasteiger partial charge in [-0.3, -0.25) is 4.79 Å². The van der Waals surface area contributed by atoms with Crippen LogP contribution in [0.5, 0.6) is 0 Å². The number of carboxylic acid groups (broad SMARTS) is 2. The molecule has 0 saturated carbocycles. The monoisotopic (exact) mass is 236 g/mol. The van der Waals surface area contributed by atoms with E-state index in [1.165, 1.54) is 0 Å². The van der Waals surface area contributed by atoms with Crippen LogP contribution in [0.3, 0.4) is 0 Å². The van der Waals surface area contributed by atoms with E-state index in [-0.39, 0.29) is 5.92 Å². The zero-order valence-electron chi connectivity index (χ0n) is 9.83. The van der Waals surface area contributed by atoms with Crippen LogP contribution in [0.4, 0.5) is 0 Å². The van der Waals surface area contributed by atoms with E-state index in [1.807, 2.05) is 30.3 Å². The van der Waals surface area contributed by atoms with Crippen LogP contribution in [-0.2, 0) is 9.59 Å². The number of carboxylic acids is 2. The van der Waals surface area contributed by atoms with E-state index >= 15 is 0 Å². The molecule has 0 saturated heterocycles. The molecule has 0 aromatic heterocycles. The first-order valence-corrected chi connectivity index (χ1v) is 5.12. The van der Waals surface area contributed by atoms with E-state index < -0.39 is 11.9 Å². The minimum absolute atomic E-state index is 0.231. The lowest BCUT2D eigenvalue weighted by atomic mass is 10.2. The van der Waals surface area contributed by atoms with Gasteiger partial charge in [-0.15, -0.1) is 0 Å². The molecule has 0 amide bonds. The second-order valence-corrected chi connectivity index (χ2v) is 3.58. The second kappa shape index (κ2) is 8.10. The van der Waals surface area contributed by atoms with Crippen molar-refractivity contribution in [3.05, 3.63) is 42.0 Å². The maximum atomic E-state index is 10.1. The lowest BCUT2D eigenvalue weighted by molar-refractivity contribution is -0.140. The van der Waals surface area contributed by atoms with Crippen molar-refractivity contribution < 1.29 is 19.8 Å². The molecule has 0 radical (unpaired) electrons. The van der Waals surface area contributed by atoms with E-state index in [4.69, 9.17) is 10.2 Å². The summed E-state index contributed by atoms with van der Waals surface area (Å²) in [6, 6.07) is 9.31. The summed E-state index contributed by atoms with van der Waals surface area (Å²) in [5.41, 5.74) is 0.898. The largest absolute Gasteiger partial charge is 0.481 e. The van der Waals surface area contributed by atoms with Gasteiger partial charge >= 0.3 is 11.9 Å². The summed E-state index contributed by atoms with van der Waals surface area (Å²) in [4.78, 5) is 19.8. The van der Waals surface area contributed by atoms with Gasteiger partial charge in [-0.2, -0.15) is 0 Å². The standard InChI is InChI=1S/C9H8O2.C4H8O2/c10-9(11)7-6-8-4-2-1-3-5-8;1-3(2)4(5)6/h1-7H,(H,10,11);3H,1-2H3,(H,5,6)/b7-6+;. The first-order valence-electron chi connectivity index (χ1n) is 5.12. The summed E-state index contributed by atoms with van der Waals surface area (Å²) >= 11 is 0. The van der Waals surface area contributed by atoms with E-state index in [0.29, 0.717) is 0 Å². The maximum Gasteiger partial charge on any atom is 0.328 e. The zero-order valence-corrected chi connectivity index (χ0v) is 9.83. The van der Waals surface area contributed by atoms with Crippen LogP contribution in [0.1, 0.15) is 19.4 Å². The molecule has 1 aromatic rings. The molecule has 4 nitrogen and oxygen atoms in total. The highest BCUT2D eigenvalue weighted by Gasteiger charge is 1.99. The molecular formula is C13H16O4. The Balaban J connectivity index is 0.000000366. The molecule has 0 aliphatic carbocycles. The fraction of sp³-hybridized carbons (Fsp3) is 0.231. The number of aliphatic carboxylic acids is 2. The molecule has 0 aliphatic rings. The third-order valence-corrected chi connectivity index (χ3v) is 1.71. The van der Waals surface area contributed by atoms with Crippen molar-refractivity contribution in [1.82, 2.24) is 0 Å². The summed E-state index contributed by atoms with van der Waals surface area (Å²) in [6.07, 6.45) is 2.68.